The SMILES string of the molecule is CC=CC(S)(C=CC)SO. The number of thiol groups is 1. The van der Waals surface area contributed by atoms with Gasteiger partial charge in [-0.05, 0) is 13.8 Å². The van der Waals surface area contributed by atoms with Crippen molar-refractivity contribution in [3.8, 4) is 0 Å². The Morgan fingerprint density at radius 2 is 1.70 bits per heavy atom. The fourth-order valence-corrected chi connectivity index (χ4v) is 1.29. The molecule has 0 radical (unpaired) electrons. The van der Waals surface area contributed by atoms with Crippen molar-refractivity contribution >= 4 is 24.7 Å². The molecule has 3 heteroatoms. The summed E-state index contributed by atoms with van der Waals surface area (Å²) in [5, 5.41) is 0. The van der Waals surface area contributed by atoms with E-state index < -0.39 is 4.08 Å². The van der Waals surface area contributed by atoms with Gasteiger partial charge in [-0.25, -0.2) is 0 Å². The topological polar surface area (TPSA) is 20.2 Å². The van der Waals surface area contributed by atoms with Crippen molar-refractivity contribution in [2.45, 2.75) is 17.9 Å². The van der Waals surface area contributed by atoms with Gasteiger partial charge in [0.15, 0.2) is 0 Å². The maximum absolute atomic E-state index is 8.79. The lowest BCUT2D eigenvalue weighted by Gasteiger charge is -2.14. The third kappa shape index (κ3) is 3.34. The molecular formula is C7H12OS2. The van der Waals surface area contributed by atoms with Crippen molar-refractivity contribution in [2.24, 2.45) is 0 Å². The van der Waals surface area contributed by atoms with E-state index in [0.717, 1.165) is 0 Å². The third-order valence-corrected chi connectivity index (χ3v) is 2.06. The van der Waals surface area contributed by atoms with Gasteiger partial charge in [0.2, 0.25) is 0 Å². The molecule has 0 rings (SSSR count). The van der Waals surface area contributed by atoms with E-state index in [0.29, 0.717) is 12.0 Å². The predicted octanol–water partition coefficient (Wildman–Crippen LogP) is 2.97. The zero-order chi connectivity index (χ0) is 8.04. The minimum absolute atomic E-state index is 0.552. The van der Waals surface area contributed by atoms with Crippen LogP contribution in [0, 0.1) is 0 Å². The monoisotopic (exact) mass is 176 g/mol. The van der Waals surface area contributed by atoms with Crippen LogP contribution >= 0.6 is 24.7 Å². The fourth-order valence-electron chi connectivity index (χ4n) is 0.594. The van der Waals surface area contributed by atoms with Crippen molar-refractivity contribution < 1.29 is 4.55 Å². The number of rotatable bonds is 3. The van der Waals surface area contributed by atoms with E-state index in [2.05, 4.69) is 12.6 Å². The molecule has 0 atom stereocenters. The molecule has 0 fully saturated rings. The minimum atomic E-state index is -0.552. The lowest BCUT2D eigenvalue weighted by Crippen LogP contribution is -2.07. The molecule has 0 aromatic heterocycles. The normalized spacial score (nSPS) is 18.4. The van der Waals surface area contributed by atoms with Crippen LogP contribution in [-0.4, -0.2) is 8.63 Å². The Morgan fingerprint density at radius 1 is 1.30 bits per heavy atom. The lowest BCUT2D eigenvalue weighted by atomic mass is 10.3. The molecule has 0 aromatic carbocycles. The summed E-state index contributed by atoms with van der Waals surface area (Å²) in [4.78, 5) is 0. The first kappa shape index (κ1) is 10.1. The zero-order valence-corrected chi connectivity index (χ0v) is 7.82. The summed E-state index contributed by atoms with van der Waals surface area (Å²) in [5.74, 6) is 0. The highest BCUT2D eigenvalue weighted by Crippen LogP contribution is 2.29. The first-order chi connectivity index (χ1) is 4.68. The Labute approximate surface area is 71.8 Å². The number of allylic oxidation sites excluding steroid dienone is 2. The van der Waals surface area contributed by atoms with E-state index >= 15 is 0 Å². The van der Waals surface area contributed by atoms with Crippen LogP contribution in [0.15, 0.2) is 24.3 Å². The van der Waals surface area contributed by atoms with Crippen molar-refractivity contribution in [1.29, 1.82) is 0 Å². The highest BCUT2D eigenvalue weighted by Gasteiger charge is 2.16. The summed E-state index contributed by atoms with van der Waals surface area (Å²) < 4.78 is 8.23. The largest absolute Gasteiger partial charge is 0.328 e. The van der Waals surface area contributed by atoms with Gasteiger partial charge in [0.1, 0.15) is 4.08 Å². The van der Waals surface area contributed by atoms with Crippen LogP contribution in [0.5, 0.6) is 0 Å². The second-order valence-electron chi connectivity index (χ2n) is 1.84. The lowest BCUT2D eigenvalue weighted by molar-refractivity contribution is 0.659. The Kier molecular flexibility index (Phi) is 4.95. The summed E-state index contributed by atoms with van der Waals surface area (Å²) in [6.07, 6.45) is 7.36. The molecule has 0 aliphatic carbocycles. The van der Waals surface area contributed by atoms with E-state index in [1.54, 1.807) is 0 Å². The van der Waals surface area contributed by atoms with Gasteiger partial charge >= 0.3 is 0 Å². The van der Waals surface area contributed by atoms with Crippen molar-refractivity contribution in [2.75, 3.05) is 0 Å². The van der Waals surface area contributed by atoms with Crippen LogP contribution in [0.25, 0.3) is 0 Å². The molecule has 0 aromatic rings. The molecule has 58 valence electrons. The van der Waals surface area contributed by atoms with Gasteiger partial charge < -0.3 is 4.55 Å². The Hall–Kier alpha value is 0.140. The molecule has 0 unspecified atom stereocenters. The van der Waals surface area contributed by atoms with Crippen LogP contribution in [0.1, 0.15) is 13.8 Å². The Bertz CT molecular complexity index is 129. The van der Waals surface area contributed by atoms with Gasteiger partial charge in [0.05, 0.1) is 0 Å². The smallest absolute Gasteiger partial charge is 0.120 e. The summed E-state index contributed by atoms with van der Waals surface area (Å²) >= 11 is 4.93. The highest BCUT2D eigenvalue weighted by atomic mass is 32.2. The first-order valence-electron chi connectivity index (χ1n) is 3.01. The summed E-state index contributed by atoms with van der Waals surface area (Å²) in [6, 6.07) is 0. The van der Waals surface area contributed by atoms with Gasteiger partial charge in [-0.2, -0.15) is 12.6 Å². The average molecular weight is 176 g/mol. The second kappa shape index (κ2) is 4.88. The molecule has 0 saturated heterocycles. The van der Waals surface area contributed by atoms with Gasteiger partial charge in [0.25, 0.3) is 0 Å². The molecule has 0 amide bonds. The van der Waals surface area contributed by atoms with Gasteiger partial charge in [-0.1, -0.05) is 24.3 Å². The van der Waals surface area contributed by atoms with Gasteiger partial charge in [-0.15, -0.1) is 0 Å². The molecule has 0 bridgehead atoms. The fraction of sp³-hybridized carbons (Fsp3) is 0.429. The first-order valence-corrected chi connectivity index (χ1v) is 4.23. The summed E-state index contributed by atoms with van der Waals surface area (Å²) in [7, 11) is 0. The van der Waals surface area contributed by atoms with Crippen LogP contribution in [0.4, 0.5) is 0 Å². The van der Waals surface area contributed by atoms with E-state index in [-0.39, 0.29) is 0 Å². The Balaban J connectivity index is 4.22. The molecular weight excluding hydrogens is 164 g/mol. The van der Waals surface area contributed by atoms with Crippen LogP contribution < -0.4 is 0 Å². The summed E-state index contributed by atoms with van der Waals surface area (Å²) in [5.41, 5.74) is 0. The molecule has 0 spiro atoms. The highest BCUT2D eigenvalue weighted by molar-refractivity contribution is 8.08. The third-order valence-electron chi connectivity index (χ3n) is 0.957. The van der Waals surface area contributed by atoms with E-state index in [1.165, 1.54) is 0 Å². The molecule has 0 heterocycles. The minimum Gasteiger partial charge on any atom is -0.328 e. The number of hydrogen-bond donors (Lipinski definition) is 2. The van der Waals surface area contributed by atoms with Crippen molar-refractivity contribution in [1.82, 2.24) is 0 Å². The Morgan fingerprint density at radius 3 is 1.90 bits per heavy atom. The molecule has 1 N–H and O–H groups in total. The molecule has 0 aliphatic heterocycles. The van der Waals surface area contributed by atoms with E-state index in [4.69, 9.17) is 4.55 Å². The predicted molar refractivity (Wildman–Crippen MR) is 51.6 cm³/mol. The molecule has 10 heavy (non-hydrogen) atoms. The summed E-state index contributed by atoms with van der Waals surface area (Å²) in [6.45, 7) is 3.79. The van der Waals surface area contributed by atoms with E-state index in [1.807, 2.05) is 38.2 Å². The number of hydrogen-bond acceptors (Lipinski definition) is 3. The van der Waals surface area contributed by atoms with Crippen molar-refractivity contribution in [3.63, 3.8) is 0 Å². The molecule has 1 nitrogen and oxygen atoms in total. The maximum Gasteiger partial charge on any atom is 0.120 e. The average Bonchev–Trinajstić information content (AvgIpc) is 1.89. The quantitative estimate of drug-likeness (QED) is 0.298. The zero-order valence-electron chi connectivity index (χ0n) is 6.11. The second-order valence-corrected chi connectivity index (χ2v) is 3.74. The van der Waals surface area contributed by atoms with Crippen molar-refractivity contribution in [3.05, 3.63) is 24.3 Å². The van der Waals surface area contributed by atoms with Gasteiger partial charge in [-0.3, -0.25) is 0 Å². The van der Waals surface area contributed by atoms with Crippen LogP contribution in [0.3, 0.4) is 0 Å². The molecule has 0 saturated carbocycles. The molecule has 0 aliphatic rings. The maximum atomic E-state index is 8.79. The van der Waals surface area contributed by atoms with Gasteiger partial charge in [0, 0.05) is 12.0 Å². The van der Waals surface area contributed by atoms with Crippen LogP contribution in [-0.2, 0) is 0 Å². The van der Waals surface area contributed by atoms with Crippen LogP contribution in [0.2, 0.25) is 0 Å². The van der Waals surface area contributed by atoms with E-state index in [9.17, 15) is 0 Å². The standard InChI is InChI=1S/C7H12OS2/c1-3-5-7(9,10-8)6-4-2/h3-6,8-9H,1-2H3.